The summed E-state index contributed by atoms with van der Waals surface area (Å²) in [6.45, 7) is 9.40. The van der Waals surface area contributed by atoms with Gasteiger partial charge in [-0.1, -0.05) is 12.1 Å². The van der Waals surface area contributed by atoms with Crippen molar-refractivity contribution < 1.29 is 14.1 Å². The highest BCUT2D eigenvalue weighted by Crippen LogP contribution is 2.20. The molecule has 2 saturated heterocycles. The molecular formula is C16H27N5O3. The average molecular weight is 337 g/mol. The zero-order valence-corrected chi connectivity index (χ0v) is 14.5. The van der Waals surface area contributed by atoms with Gasteiger partial charge < -0.3 is 19.5 Å². The van der Waals surface area contributed by atoms with Crippen molar-refractivity contribution in [2.24, 2.45) is 0 Å². The fourth-order valence-corrected chi connectivity index (χ4v) is 3.19. The highest BCUT2D eigenvalue weighted by molar-refractivity contribution is 5.77. The Kier molecular flexibility index (Phi) is 5.80. The molecule has 134 valence electrons. The minimum atomic E-state index is 0.0865. The van der Waals surface area contributed by atoms with Gasteiger partial charge in [0.1, 0.15) is 0 Å². The van der Waals surface area contributed by atoms with Crippen molar-refractivity contribution in [3.8, 4) is 0 Å². The summed E-state index contributed by atoms with van der Waals surface area (Å²) in [6.07, 6.45) is 1.29. The van der Waals surface area contributed by atoms with Gasteiger partial charge >= 0.3 is 0 Å². The van der Waals surface area contributed by atoms with E-state index in [0.29, 0.717) is 18.9 Å². The second kappa shape index (κ2) is 8.04. The molecule has 2 atom stereocenters. The molecule has 3 rings (SSSR count). The molecule has 2 aliphatic heterocycles. The molecule has 0 radical (unpaired) electrons. The Bertz CT molecular complexity index is 536. The zero-order chi connectivity index (χ0) is 16.9. The zero-order valence-electron chi connectivity index (χ0n) is 14.5. The fraction of sp³-hybridized carbons (Fsp3) is 0.812. The summed E-state index contributed by atoms with van der Waals surface area (Å²) in [4.78, 5) is 21.1. The molecule has 0 aromatic carbocycles. The first-order valence-electron chi connectivity index (χ1n) is 8.82. The number of ether oxygens (including phenoxy) is 1. The number of rotatable bonds is 5. The van der Waals surface area contributed by atoms with E-state index in [2.05, 4.69) is 27.3 Å². The largest absolute Gasteiger partial charge is 0.378 e. The molecule has 0 aliphatic carbocycles. The second-order valence-electron chi connectivity index (χ2n) is 6.43. The summed E-state index contributed by atoms with van der Waals surface area (Å²) in [5.74, 6) is 1.61. The third-order valence-electron chi connectivity index (χ3n) is 4.79. The van der Waals surface area contributed by atoms with Gasteiger partial charge in [-0.3, -0.25) is 9.69 Å². The summed E-state index contributed by atoms with van der Waals surface area (Å²) in [7, 11) is 0. The summed E-state index contributed by atoms with van der Waals surface area (Å²) in [6, 6.07) is 0.234. The maximum atomic E-state index is 12.4. The lowest BCUT2D eigenvalue weighted by Gasteiger charge is -2.37. The number of nitrogens with one attached hydrogen (secondary N) is 1. The number of aryl methyl sites for hydroxylation is 1. The van der Waals surface area contributed by atoms with Crippen molar-refractivity contribution in [3.05, 3.63) is 11.7 Å². The van der Waals surface area contributed by atoms with E-state index >= 15 is 0 Å². The van der Waals surface area contributed by atoms with Gasteiger partial charge in [0, 0.05) is 51.6 Å². The van der Waals surface area contributed by atoms with Crippen LogP contribution in [0.1, 0.15) is 38.0 Å². The predicted molar refractivity (Wildman–Crippen MR) is 87.5 cm³/mol. The van der Waals surface area contributed by atoms with Crippen LogP contribution in [0.2, 0.25) is 0 Å². The Morgan fingerprint density at radius 2 is 2.17 bits per heavy atom. The molecule has 2 unspecified atom stereocenters. The molecule has 2 fully saturated rings. The maximum Gasteiger partial charge on any atom is 0.243 e. The van der Waals surface area contributed by atoms with Crippen LogP contribution in [0, 0.1) is 0 Å². The van der Waals surface area contributed by atoms with Gasteiger partial charge in [-0.2, -0.15) is 4.98 Å². The number of aromatic nitrogens is 2. The Morgan fingerprint density at radius 3 is 2.79 bits per heavy atom. The molecule has 1 N–H and O–H groups in total. The van der Waals surface area contributed by atoms with E-state index in [4.69, 9.17) is 9.26 Å². The third-order valence-corrected chi connectivity index (χ3v) is 4.79. The third kappa shape index (κ3) is 4.12. The smallest absolute Gasteiger partial charge is 0.243 e. The molecule has 0 spiro atoms. The van der Waals surface area contributed by atoms with Crippen LogP contribution in [0.15, 0.2) is 4.52 Å². The van der Waals surface area contributed by atoms with Crippen LogP contribution in [0.4, 0.5) is 0 Å². The van der Waals surface area contributed by atoms with Gasteiger partial charge in [0.25, 0.3) is 0 Å². The molecule has 3 heterocycles. The van der Waals surface area contributed by atoms with Gasteiger partial charge in [-0.25, -0.2) is 0 Å². The van der Waals surface area contributed by atoms with Crippen molar-refractivity contribution in [3.63, 3.8) is 0 Å². The summed E-state index contributed by atoms with van der Waals surface area (Å²) in [5.41, 5.74) is 0. The van der Waals surface area contributed by atoms with Crippen LogP contribution in [-0.2, 0) is 16.0 Å². The van der Waals surface area contributed by atoms with Gasteiger partial charge in [0.15, 0.2) is 5.82 Å². The molecule has 1 aromatic rings. The van der Waals surface area contributed by atoms with Gasteiger partial charge in [-0.15, -0.1) is 0 Å². The second-order valence-corrected chi connectivity index (χ2v) is 6.43. The number of amides is 1. The maximum absolute atomic E-state index is 12.4. The van der Waals surface area contributed by atoms with Crippen molar-refractivity contribution in [1.82, 2.24) is 25.3 Å². The summed E-state index contributed by atoms with van der Waals surface area (Å²) >= 11 is 0. The SMILES string of the molecule is CCc1noc(C(C)N2CCN(C(=O)CC3COCCN3)CC2)n1. The standard InChI is InChI=1S/C16H27N5O3/c1-3-14-18-16(24-19-14)12(2)20-5-7-21(8-6-20)15(22)10-13-11-23-9-4-17-13/h12-13,17H,3-11H2,1-2H3. The van der Waals surface area contributed by atoms with Crippen molar-refractivity contribution in [2.45, 2.75) is 38.8 Å². The van der Waals surface area contributed by atoms with E-state index in [9.17, 15) is 4.79 Å². The van der Waals surface area contributed by atoms with Crippen molar-refractivity contribution >= 4 is 5.91 Å². The predicted octanol–water partition coefficient (Wildman–Crippen LogP) is 0.216. The molecule has 0 saturated carbocycles. The van der Waals surface area contributed by atoms with E-state index < -0.39 is 0 Å². The van der Waals surface area contributed by atoms with Crippen LogP contribution < -0.4 is 5.32 Å². The minimum absolute atomic E-state index is 0.0865. The van der Waals surface area contributed by atoms with E-state index in [1.807, 2.05) is 11.8 Å². The van der Waals surface area contributed by atoms with Crippen LogP contribution in [-0.4, -0.2) is 77.8 Å². The molecule has 8 nitrogen and oxygen atoms in total. The number of hydrogen-bond acceptors (Lipinski definition) is 7. The number of hydrogen-bond donors (Lipinski definition) is 1. The Hall–Kier alpha value is -1.51. The molecule has 1 aromatic heterocycles. The quantitative estimate of drug-likeness (QED) is 0.822. The average Bonchev–Trinajstić information content (AvgIpc) is 3.11. The van der Waals surface area contributed by atoms with E-state index in [1.54, 1.807) is 0 Å². The summed E-state index contributed by atoms with van der Waals surface area (Å²) < 4.78 is 10.8. The molecule has 0 bridgehead atoms. The molecule has 1 amide bonds. The first-order chi connectivity index (χ1) is 11.7. The Labute approximate surface area is 142 Å². The topological polar surface area (TPSA) is 83.7 Å². The summed E-state index contributed by atoms with van der Waals surface area (Å²) in [5, 5.41) is 7.30. The lowest BCUT2D eigenvalue weighted by Crippen LogP contribution is -2.51. The van der Waals surface area contributed by atoms with Crippen molar-refractivity contribution in [1.29, 1.82) is 0 Å². The van der Waals surface area contributed by atoms with E-state index in [1.165, 1.54) is 0 Å². The Morgan fingerprint density at radius 1 is 1.38 bits per heavy atom. The first kappa shape index (κ1) is 17.3. The minimum Gasteiger partial charge on any atom is -0.378 e. The van der Waals surface area contributed by atoms with Crippen LogP contribution in [0.5, 0.6) is 0 Å². The highest BCUT2D eigenvalue weighted by Gasteiger charge is 2.28. The van der Waals surface area contributed by atoms with Crippen LogP contribution in [0.25, 0.3) is 0 Å². The van der Waals surface area contributed by atoms with Gasteiger partial charge in [0.2, 0.25) is 11.8 Å². The number of carbonyl (C=O) groups excluding carboxylic acids is 1. The van der Waals surface area contributed by atoms with Crippen molar-refractivity contribution in [2.75, 3.05) is 45.9 Å². The van der Waals surface area contributed by atoms with Crippen LogP contribution in [0.3, 0.4) is 0 Å². The number of nitrogens with zero attached hydrogens (tertiary/aromatic N) is 4. The highest BCUT2D eigenvalue weighted by atomic mass is 16.5. The fourth-order valence-electron chi connectivity index (χ4n) is 3.19. The molecule has 2 aliphatic rings. The monoisotopic (exact) mass is 337 g/mol. The molecule has 24 heavy (non-hydrogen) atoms. The first-order valence-corrected chi connectivity index (χ1v) is 8.82. The number of morpholine rings is 1. The van der Waals surface area contributed by atoms with Gasteiger partial charge in [0.05, 0.1) is 19.3 Å². The van der Waals surface area contributed by atoms with E-state index in [0.717, 1.165) is 51.6 Å². The lowest BCUT2D eigenvalue weighted by atomic mass is 10.1. The van der Waals surface area contributed by atoms with Crippen LogP contribution >= 0.6 is 0 Å². The molecular weight excluding hydrogens is 310 g/mol. The van der Waals surface area contributed by atoms with E-state index in [-0.39, 0.29) is 18.0 Å². The Balaban J connectivity index is 1.47. The number of piperazine rings is 1. The number of carbonyl (C=O) groups is 1. The van der Waals surface area contributed by atoms with Gasteiger partial charge in [-0.05, 0) is 6.92 Å². The molecule has 8 heteroatoms. The normalized spacial score (nSPS) is 24.1. The lowest BCUT2D eigenvalue weighted by molar-refractivity contribution is -0.134.